The lowest BCUT2D eigenvalue weighted by Crippen LogP contribution is -2.36. The van der Waals surface area contributed by atoms with Gasteiger partial charge in [0.15, 0.2) is 5.69 Å². The molecule has 2 aromatic heterocycles. The average molecular weight is 648 g/mol. The molecule has 12 nitrogen and oxygen atoms in total. The fourth-order valence-corrected chi connectivity index (χ4v) is 3.61. The number of amides is 2. The lowest BCUT2D eigenvalue weighted by molar-refractivity contribution is -0.274. The summed E-state index contributed by atoms with van der Waals surface area (Å²) in [6, 6.07) is 4.83. The highest BCUT2D eigenvalue weighted by molar-refractivity contribution is 5.92. The number of aromatic nitrogens is 4. The molecule has 0 aliphatic heterocycles. The molecule has 0 aliphatic rings. The van der Waals surface area contributed by atoms with Gasteiger partial charge < -0.3 is 26.1 Å². The van der Waals surface area contributed by atoms with Crippen LogP contribution < -0.4 is 26.9 Å². The van der Waals surface area contributed by atoms with E-state index >= 15 is 0 Å². The van der Waals surface area contributed by atoms with Crippen molar-refractivity contribution in [3.8, 4) is 5.75 Å². The van der Waals surface area contributed by atoms with Gasteiger partial charge in [0.1, 0.15) is 23.4 Å². The summed E-state index contributed by atoms with van der Waals surface area (Å²) in [5.74, 6) is -0.455. The van der Waals surface area contributed by atoms with E-state index in [-0.39, 0.29) is 48.6 Å². The Morgan fingerprint density at radius 3 is 2.51 bits per heavy atom. The second-order valence-corrected chi connectivity index (χ2v) is 9.63. The predicted molar refractivity (Wildman–Crippen MR) is 143 cm³/mol. The highest BCUT2D eigenvalue weighted by Gasteiger charge is 2.31. The third-order valence-electron chi connectivity index (χ3n) is 5.87. The number of hydrogen-bond donors (Lipinski definition) is 4. The van der Waals surface area contributed by atoms with Gasteiger partial charge in [-0.3, -0.25) is 19.3 Å². The Hall–Kier alpha value is -4.94. The van der Waals surface area contributed by atoms with Crippen LogP contribution in [0.3, 0.4) is 0 Å². The van der Waals surface area contributed by atoms with Crippen molar-refractivity contribution in [1.29, 1.82) is 0 Å². The Morgan fingerprint density at radius 1 is 1.13 bits per heavy atom. The number of hydrazine groups is 1. The van der Waals surface area contributed by atoms with E-state index in [9.17, 15) is 40.3 Å². The van der Waals surface area contributed by atoms with Crippen LogP contribution in [0.15, 0.2) is 54.6 Å². The van der Waals surface area contributed by atoms with E-state index in [0.717, 1.165) is 47.2 Å². The van der Waals surface area contributed by atoms with E-state index in [1.807, 2.05) is 0 Å². The van der Waals surface area contributed by atoms with Crippen LogP contribution in [0.1, 0.15) is 40.7 Å². The number of alkyl halides is 6. The number of pyridine rings is 1. The minimum atomic E-state index is -4.98. The average Bonchev–Trinajstić information content (AvgIpc) is 3.43. The maximum absolute atomic E-state index is 14.5. The van der Waals surface area contributed by atoms with Gasteiger partial charge in [0.25, 0.3) is 17.7 Å². The van der Waals surface area contributed by atoms with Crippen molar-refractivity contribution >= 4 is 11.8 Å². The lowest BCUT2D eigenvalue weighted by Gasteiger charge is -2.17. The predicted octanol–water partition coefficient (Wildman–Crippen LogP) is 2.77. The number of carbonyl (C=O) groups excluding carboxylic acids is 2. The van der Waals surface area contributed by atoms with Gasteiger partial charge in [-0.1, -0.05) is 5.21 Å². The van der Waals surface area contributed by atoms with E-state index in [0.29, 0.717) is 5.69 Å². The second-order valence-electron chi connectivity index (χ2n) is 9.63. The molecule has 0 aliphatic carbocycles. The number of halogens is 7. The molecule has 2 amide bonds. The van der Waals surface area contributed by atoms with Crippen molar-refractivity contribution in [1.82, 2.24) is 35.6 Å². The largest absolute Gasteiger partial charge is 0.573 e. The molecule has 0 spiro atoms. The Kier molecular flexibility index (Phi) is 11.3. The van der Waals surface area contributed by atoms with E-state index in [2.05, 4.69) is 30.7 Å². The minimum absolute atomic E-state index is 0.0455. The summed E-state index contributed by atoms with van der Waals surface area (Å²) in [6.45, 7) is -0.294. The first-order chi connectivity index (χ1) is 21.0. The summed E-state index contributed by atoms with van der Waals surface area (Å²) in [6.07, 6.45) is -3.49. The lowest BCUT2D eigenvalue weighted by atomic mass is 10.1. The molecule has 1 atom stereocenters. The molecule has 0 saturated heterocycles. The highest BCUT2D eigenvalue weighted by Crippen LogP contribution is 2.26. The van der Waals surface area contributed by atoms with E-state index in [1.165, 1.54) is 18.3 Å². The second kappa shape index (κ2) is 14.7. The third kappa shape index (κ3) is 11.2. The smallest absolute Gasteiger partial charge is 0.406 e. The molecular formula is C26H28F7N9O3. The molecule has 2 heterocycles. The van der Waals surface area contributed by atoms with Gasteiger partial charge in [0.2, 0.25) is 0 Å². The molecule has 0 radical (unpaired) electrons. The summed E-state index contributed by atoms with van der Waals surface area (Å²) in [4.78, 5) is 28.4. The molecule has 3 aromatic rings. The summed E-state index contributed by atoms with van der Waals surface area (Å²) in [5.41, 5.74) is 4.85. The Morgan fingerprint density at radius 2 is 1.87 bits per heavy atom. The van der Waals surface area contributed by atoms with Gasteiger partial charge in [-0.25, -0.2) is 23.4 Å². The number of aryl methyl sites for hydroxylation is 1. The Bertz CT molecular complexity index is 1490. The number of rotatable bonds is 14. The van der Waals surface area contributed by atoms with Crippen LogP contribution in [-0.2, 0) is 30.4 Å². The minimum Gasteiger partial charge on any atom is -0.406 e. The third-order valence-corrected chi connectivity index (χ3v) is 5.87. The maximum Gasteiger partial charge on any atom is 0.573 e. The number of carbonyl (C=O) groups is 2. The normalized spacial score (nSPS) is 12.9. The first-order valence-electron chi connectivity index (χ1n) is 13.0. The van der Waals surface area contributed by atoms with Crippen LogP contribution in [0, 0.1) is 5.82 Å². The van der Waals surface area contributed by atoms with E-state index in [4.69, 9.17) is 11.6 Å². The van der Waals surface area contributed by atoms with Crippen molar-refractivity contribution in [2.45, 2.75) is 51.4 Å². The summed E-state index contributed by atoms with van der Waals surface area (Å²) < 4.78 is 97.1. The van der Waals surface area contributed by atoms with Crippen molar-refractivity contribution in [2.24, 2.45) is 11.6 Å². The zero-order valence-corrected chi connectivity index (χ0v) is 23.5. The number of nitrogens with zero attached hydrogens (tertiary/aromatic N) is 5. The monoisotopic (exact) mass is 647 g/mol. The standard InChI is InChI=1S/C26H28F7N9O3/c1-25(29,30)16-2-3-18(36-10-16)11-38-23(43)21(34)13-41(35)12-17(27)6-7-42-14-22(39-40-42)24(44)37-9-15-8-19(4-5-20(15)28)45-26(31,32)33/h2-5,8,10,13-14,17H,6-7,9,11-12,34-35H2,1H3,(H,37,44)(H,38,43)/b21-13-. The van der Waals surface area contributed by atoms with Crippen molar-refractivity contribution < 1.29 is 45.1 Å². The number of hydrogen-bond acceptors (Lipinski definition) is 9. The quantitative estimate of drug-likeness (QED) is 0.0891. The SMILES string of the molecule is CC(F)(F)c1ccc(CNC(=O)/C(N)=C/N(N)CC(F)CCn2cc(C(=O)NCc3cc(OC(F)(F)F)ccc3F)nn2)nc1. The topological polar surface area (TPSA) is 166 Å². The van der Waals surface area contributed by atoms with Gasteiger partial charge in [-0.2, -0.15) is 0 Å². The molecule has 0 fully saturated rings. The Balaban J connectivity index is 1.42. The van der Waals surface area contributed by atoms with Gasteiger partial charge >= 0.3 is 6.36 Å². The zero-order valence-electron chi connectivity index (χ0n) is 23.5. The van der Waals surface area contributed by atoms with Crippen molar-refractivity contribution in [3.05, 3.63) is 83.0 Å². The molecule has 19 heteroatoms. The molecular weight excluding hydrogens is 619 g/mol. The molecule has 0 saturated carbocycles. The number of ether oxygens (including phenoxy) is 1. The molecule has 1 unspecified atom stereocenters. The molecule has 45 heavy (non-hydrogen) atoms. The summed E-state index contributed by atoms with van der Waals surface area (Å²) in [7, 11) is 0. The van der Waals surface area contributed by atoms with Gasteiger partial charge in [-0.15, -0.1) is 18.3 Å². The van der Waals surface area contributed by atoms with Crippen LogP contribution >= 0.6 is 0 Å². The molecule has 6 N–H and O–H groups in total. The van der Waals surface area contributed by atoms with Crippen molar-refractivity contribution in [3.63, 3.8) is 0 Å². The first kappa shape index (κ1) is 34.5. The van der Waals surface area contributed by atoms with Crippen molar-refractivity contribution in [2.75, 3.05) is 6.54 Å². The van der Waals surface area contributed by atoms with Crippen LogP contribution in [0.2, 0.25) is 0 Å². The van der Waals surface area contributed by atoms with Crippen LogP contribution in [0.4, 0.5) is 30.7 Å². The summed E-state index contributed by atoms with van der Waals surface area (Å²) in [5, 5.41) is 12.9. The number of nitrogens with two attached hydrogens (primary N) is 2. The van der Waals surface area contributed by atoms with Gasteiger partial charge in [0, 0.05) is 50.0 Å². The first-order valence-corrected chi connectivity index (χ1v) is 13.0. The van der Waals surface area contributed by atoms with Crippen LogP contribution in [0.5, 0.6) is 5.75 Å². The van der Waals surface area contributed by atoms with Crippen LogP contribution in [0.25, 0.3) is 0 Å². The fraction of sp³-hybridized carbons (Fsp3) is 0.346. The van der Waals surface area contributed by atoms with E-state index in [1.54, 1.807) is 0 Å². The van der Waals surface area contributed by atoms with Gasteiger partial charge in [-0.05, 0) is 30.3 Å². The molecule has 0 bridgehead atoms. The fourth-order valence-electron chi connectivity index (χ4n) is 3.61. The maximum atomic E-state index is 14.5. The summed E-state index contributed by atoms with van der Waals surface area (Å²) >= 11 is 0. The zero-order chi connectivity index (χ0) is 33.4. The Labute approximate surface area is 251 Å². The molecule has 1 aromatic carbocycles. The van der Waals surface area contributed by atoms with Crippen LogP contribution in [-0.4, -0.2) is 55.9 Å². The molecule has 3 rings (SSSR count). The molecule has 244 valence electrons. The highest BCUT2D eigenvalue weighted by atomic mass is 19.4. The number of benzene rings is 1. The van der Waals surface area contributed by atoms with Gasteiger partial charge in [0.05, 0.1) is 25.0 Å². The number of nitrogens with one attached hydrogen (secondary N) is 2. The van der Waals surface area contributed by atoms with E-state index < -0.39 is 48.4 Å².